The lowest BCUT2D eigenvalue weighted by atomic mass is 10.0. The van der Waals surface area contributed by atoms with Gasteiger partial charge in [-0.2, -0.15) is 23.5 Å². The number of nitrogen functional groups attached to an aromatic ring is 1. The molecule has 3 N–H and O–H groups in total. The molecule has 1 aromatic heterocycles. The number of pyridine rings is 1. The summed E-state index contributed by atoms with van der Waals surface area (Å²) in [6, 6.07) is 4.57. The van der Waals surface area contributed by atoms with E-state index in [2.05, 4.69) is 53.9 Å². The molecule has 1 aliphatic heterocycles. The summed E-state index contributed by atoms with van der Waals surface area (Å²) in [4.78, 5) is 4.06. The zero-order valence-corrected chi connectivity index (χ0v) is 13.3. The zero-order chi connectivity index (χ0) is 13.7. The molecule has 0 amide bonds. The fourth-order valence-corrected chi connectivity index (χ4v) is 5.87. The van der Waals surface area contributed by atoms with Crippen LogP contribution in [0.15, 0.2) is 18.3 Å². The minimum absolute atomic E-state index is 0.504. The highest BCUT2D eigenvalue weighted by molar-refractivity contribution is 8.07. The Hall–Kier alpha value is -0.390. The molecule has 106 valence electrons. The molecule has 0 radical (unpaired) electrons. The largest absolute Gasteiger partial charge is 0.384 e. The third-order valence-electron chi connectivity index (χ3n) is 3.56. The Morgan fingerprint density at radius 3 is 2.95 bits per heavy atom. The molecule has 19 heavy (non-hydrogen) atoms. The van der Waals surface area contributed by atoms with E-state index in [9.17, 15) is 0 Å². The molecule has 1 aliphatic rings. The predicted octanol–water partition coefficient (Wildman–Crippen LogP) is 2.42. The highest BCUT2D eigenvalue weighted by atomic mass is 32.2. The molecule has 3 nitrogen and oxygen atoms in total. The molecule has 2 rings (SSSR count). The van der Waals surface area contributed by atoms with Crippen molar-refractivity contribution in [1.29, 1.82) is 0 Å². The van der Waals surface area contributed by atoms with Gasteiger partial charge in [0.05, 0.1) is 0 Å². The summed E-state index contributed by atoms with van der Waals surface area (Å²) < 4.78 is 0. The molecular weight excluding hydrogens is 274 g/mol. The van der Waals surface area contributed by atoms with Crippen LogP contribution in [-0.4, -0.2) is 40.1 Å². The van der Waals surface area contributed by atoms with Gasteiger partial charge in [-0.15, -0.1) is 0 Å². The number of hydrogen-bond acceptors (Lipinski definition) is 5. The number of anilines is 1. The summed E-state index contributed by atoms with van der Waals surface area (Å²) >= 11 is 4.25. The standard InChI is InChI=1S/C14H23N3S2/c1-3-12-14(19-7-6-18-12)11(16-2)8-10-4-5-17-13(15)9-10/h4-5,9,11-12,14,16H,3,6-8H2,1-2H3,(H2,15,17). The maximum Gasteiger partial charge on any atom is 0.123 e. The molecule has 3 unspecified atom stereocenters. The Morgan fingerprint density at radius 2 is 2.26 bits per heavy atom. The third kappa shape index (κ3) is 4.04. The lowest BCUT2D eigenvalue weighted by Crippen LogP contribution is -2.45. The van der Waals surface area contributed by atoms with Gasteiger partial charge in [0.1, 0.15) is 5.82 Å². The van der Waals surface area contributed by atoms with E-state index >= 15 is 0 Å². The smallest absolute Gasteiger partial charge is 0.123 e. The molecule has 1 saturated heterocycles. The maximum absolute atomic E-state index is 5.77. The van der Waals surface area contributed by atoms with Crippen LogP contribution in [0.2, 0.25) is 0 Å². The van der Waals surface area contributed by atoms with E-state index in [-0.39, 0.29) is 0 Å². The van der Waals surface area contributed by atoms with Gasteiger partial charge >= 0.3 is 0 Å². The molecule has 3 atom stereocenters. The van der Waals surface area contributed by atoms with Gasteiger partial charge in [-0.05, 0) is 37.6 Å². The van der Waals surface area contributed by atoms with Crippen LogP contribution in [0.5, 0.6) is 0 Å². The maximum atomic E-state index is 5.77. The fourth-order valence-electron chi connectivity index (χ4n) is 2.57. The Bertz CT molecular complexity index is 400. The molecule has 0 saturated carbocycles. The van der Waals surface area contributed by atoms with Crippen LogP contribution in [0.25, 0.3) is 0 Å². The van der Waals surface area contributed by atoms with Gasteiger partial charge < -0.3 is 11.1 Å². The van der Waals surface area contributed by atoms with Crippen LogP contribution in [-0.2, 0) is 6.42 Å². The minimum atomic E-state index is 0.504. The molecule has 0 aromatic carbocycles. The lowest BCUT2D eigenvalue weighted by Gasteiger charge is -2.36. The quantitative estimate of drug-likeness (QED) is 0.874. The summed E-state index contributed by atoms with van der Waals surface area (Å²) in [6.45, 7) is 2.30. The SMILES string of the molecule is CCC1SCCSC1C(Cc1ccnc(N)c1)NC. The van der Waals surface area contributed by atoms with Crippen LogP contribution >= 0.6 is 23.5 Å². The molecule has 2 heterocycles. The molecule has 5 heteroatoms. The zero-order valence-electron chi connectivity index (χ0n) is 11.6. The minimum Gasteiger partial charge on any atom is -0.384 e. The van der Waals surface area contributed by atoms with Gasteiger partial charge in [-0.1, -0.05) is 6.92 Å². The van der Waals surface area contributed by atoms with Crippen LogP contribution < -0.4 is 11.1 Å². The highest BCUT2D eigenvalue weighted by Gasteiger charge is 2.31. The first-order valence-corrected chi connectivity index (χ1v) is 8.95. The number of likely N-dealkylation sites (N-methyl/N-ethyl adjacent to an activating group) is 1. The van der Waals surface area contributed by atoms with E-state index in [0.717, 1.165) is 11.7 Å². The average molecular weight is 297 g/mol. The van der Waals surface area contributed by atoms with E-state index in [1.54, 1.807) is 6.20 Å². The topological polar surface area (TPSA) is 50.9 Å². The first kappa shape index (κ1) is 15.0. The number of hydrogen-bond donors (Lipinski definition) is 2. The molecule has 0 aliphatic carbocycles. The van der Waals surface area contributed by atoms with E-state index in [1.807, 2.05) is 6.07 Å². The molecule has 1 fully saturated rings. The van der Waals surface area contributed by atoms with Crippen molar-refractivity contribution in [2.45, 2.75) is 36.3 Å². The van der Waals surface area contributed by atoms with Gasteiger partial charge in [0.25, 0.3) is 0 Å². The molecule has 0 bridgehead atoms. The second-order valence-electron chi connectivity index (χ2n) is 4.84. The Balaban J connectivity index is 2.06. The van der Waals surface area contributed by atoms with E-state index in [0.29, 0.717) is 17.1 Å². The number of thioether (sulfide) groups is 2. The number of aromatic nitrogens is 1. The van der Waals surface area contributed by atoms with Crippen molar-refractivity contribution in [2.24, 2.45) is 0 Å². The number of nitrogens with zero attached hydrogens (tertiary/aromatic N) is 1. The van der Waals surface area contributed by atoms with Gasteiger partial charge in [0.15, 0.2) is 0 Å². The van der Waals surface area contributed by atoms with Crippen LogP contribution in [0.1, 0.15) is 18.9 Å². The Labute approximate surface area is 124 Å². The first-order valence-electron chi connectivity index (χ1n) is 6.85. The number of nitrogens with one attached hydrogen (secondary N) is 1. The Morgan fingerprint density at radius 1 is 1.47 bits per heavy atom. The normalized spacial score (nSPS) is 25.2. The third-order valence-corrected chi connectivity index (χ3v) is 6.97. The lowest BCUT2D eigenvalue weighted by molar-refractivity contribution is 0.517. The van der Waals surface area contributed by atoms with Crippen molar-refractivity contribution in [1.82, 2.24) is 10.3 Å². The predicted molar refractivity (Wildman–Crippen MR) is 88.0 cm³/mol. The van der Waals surface area contributed by atoms with Crippen LogP contribution in [0, 0.1) is 0 Å². The molecule has 0 spiro atoms. The van der Waals surface area contributed by atoms with Crippen molar-refractivity contribution in [3.05, 3.63) is 23.9 Å². The molecule has 1 aromatic rings. The number of nitrogens with two attached hydrogens (primary N) is 1. The van der Waals surface area contributed by atoms with E-state index < -0.39 is 0 Å². The fraction of sp³-hybridized carbons (Fsp3) is 0.643. The van der Waals surface area contributed by atoms with Gasteiger partial charge in [-0.25, -0.2) is 4.98 Å². The monoisotopic (exact) mass is 297 g/mol. The second kappa shape index (κ2) is 7.41. The van der Waals surface area contributed by atoms with E-state index in [1.165, 1.54) is 23.5 Å². The number of rotatable bonds is 5. The summed E-state index contributed by atoms with van der Waals surface area (Å²) in [5, 5.41) is 4.95. The van der Waals surface area contributed by atoms with Crippen molar-refractivity contribution >= 4 is 29.3 Å². The van der Waals surface area contributed by atoms with Gasteiger partial charge in [0, 0.05) is 34.2 Å². The average Bonchev–Trinajstić information content (AvgIpc) is 2.45. The van der Waals surface area contributed by atoms with Crippen molar-refractivity contribution in [3.8, 4) is 0 Å². The van der Waals surface area contributed by atoms with Crippen LogP contribution in [0.3, 0.4) is 0 Å². The summed E-state index contributed by atoms with van der Waals surface area (Å²) in [6.07, 6.45) is 4.08. The first-order chi connectivity index (χ1) is 9.24. The highest BCUT2D eigenvalue weighted by Crippen LogP contribution is 2.35. The van der Waals surface area contributed by atoms with Crippen molar-refractivity contribution in [3.63, 3.8) is 0 Å². The van der Waals surface area contributed by atoms with Crippen molar-refractivity contribution in [2.75, 3.05) is 24.3 Å². The summed E-state index contributed by atoms with van der Waals surface area (Å²) in [5.41, 5.74) is 7.04. The summed E-state index contributed by atoms with van der Waals surface area (Å²) in [7, 11) is 2.07. The van der Waals surface area contributed by atoms with Crippen LogP contribution in [0.4, 0.5) is 5.82 Å². The Kier molecular flexibility index (Phi) is 5.85. The second-order valence-corrected chi connectivity index (χ2v) is 7.47. The summed E-state index contributed by atoms with van der Waals surface area (Å²) in [5.74, 6) is 3.17. The van der Waals surface area contributed by atoms with Crippen molar-refractivity contribution < 1.29 is 0 Å². The molecular formula is C14H23N3S2. The van der Waals surface area contributed by atoms with Gasteiger partial charge in [0.2, 0.25) is 0 Å². The van der Waals surface area contributed by atoms with Gasteiger partial charge in [-0.3, -0.25) is 0 Å². The van der Waals surface area contributed by atoms with E-state index in [4.69, 9.17) is 5.73 Å².